The SMILES string of the molecule is C[Si]C.Cc1cc(C)c(-c2cccc3[cH-]c(C(C)C)cc23)c(C)c1.Cc1cc2c(-c3ccc(C(C)(C)C)cc3)ccc(C)c2[cH-]1.[Cl][Zr+2][Cl]. The summed E-state index contributed by atoms with van der Waals surface area (Å²) in [5.41, 5.74) is 15.2. The van der Waals surface area contributed by atoms with E-state index in [0.29, 0.717) is 5.92 Å². The monoisotopic (exact) mass is 768 g/mol. The average molecular weight is 771 g/mol. The van der Waals surface area contributed by atoms with Gasteiger partial charge in [0.15, 0.2) is 0 Å². The number of halogens is 2. The van der Waals surface area contributed by atoms with Gasteiger partial charge in [-0.15, -0.1) is 68.6 Å². The third kappa shape index (κ3) is 10.2. The maximum absolute atomic E-state index is 4.93. The molecule has 0 aromatic heterocycles. The Morgan fingerprint density at radius 3 is 1.81 bits per heavy atom. The Morgan fingerprint density at radius 1 is 0.688 bits per heavy atom. The molecule has 0 saturated heterocycles. The zero-order chi connectivity index (χ0) is 35.8. The molecule has 0 aliphatic heterocycles. The molecule has 0 saturated carbocycles. The van der Waals surface area contributed by atoms with Crippen molar-refractivity contribution in [3.05, 3.63) is 130 Å². The summed E-state index contributed by atoms with van der Waals surface area (Å²) in [6.45, 7) is 26.6. The normalized spacial score (nSPS) is 10.9. The molecule has 0 amide bonds. The molecule has 48 heavy (non-hydrogen) atoms. The second kappa shape index (κ2) is 18.1. The summed E-state index contributed by atoms with van der Waals surface area (Å²) >= 11 is -0.826. The molecule has 6 aromatic carbocycles. The van der Waals surface area contributed by atoms with E-state index in [-0.39, 0.29) is 5.41 Å². The molecule has 0 unspecified atom stereocenters. The van der Waals surface area contributed by atoms with E-state index in [1.807, 2.05) is 0 Å². The van der Waals surface area contributed by atoms with E-state index in [4.69, 9.17) is 17.0 Å². The van der Waals surface area contributed by atoms with Crippen LogP contribution < -0.4 is 0 Å². The number of hydrogen-bond donors (Lipinski definition) is 0. The Hall–Kier alpha value is -2.22. The number of aryl methyl sites for hydroxylation is 5. The molecule has 0 bridgehead atoms. The number of benzene rings is 4. The average Bonchev–Trinajstić information content (AvgIpc) is 3.63. The molecular weight excluding hydrogens is 719 g/mol. The van der Waals surface area contributed by atoms with Crippen LogP contribution in [-0.4, -0.2) is 9.52 Å². The van der Waals surface area contributed by atoms with Gasteiger partial charge in [0.2, 0.25) is 0 Å². The van der Waals surface area contributed by atoms with Gasteiger partial charge in [-0.1, -0.05) is 127 Å². The molecule has 0 N–H and O–H groups in total. The molecular formula is C44H52Cl2SiZr. The molecule has 250 valence electrons. The van der Waals surface area contributed by atoms with Crippen LogP contribution in [-0.2, 0) is 26.3 Å². The first-order valence-corrected chi connectivity index (χ1v) is 25.1. The number of hydrogen-bond acceptors (Lipinski definition) is 0. The van der Waals surface area contributed by atoms with Crippen LogP contribution in [0.1, 0.15) is 79.5 Å². The first kappa shape index (κ1) is 40.2. The van der Waals surface area contributed by atoms with Gasteiger partial charge >= 0.3 is 37.9 Å². The fourth-order valence-corrected chi connectivity index (χ4v) is 6.41. The molecule has 0 nitrogen and oxygen atoms in total. The minimum absolute atomic E-state index is 0.206. The number of fused-ring (bicyclic) bond motifs is 2. The van der Waals surface area contributed by atoms with Crippen molar-refractivity contribution in [2.75, 3.05) is 0 Å². The van der Waals surface area contributed by atoms with E-state index in [1.165, 1.54) is 82.7 Å². The van der Waals surface area contributed by atoms with Crippen molar-refractivity contribution in [1.82, 2.24) is 0 Å². The Kier molecular flexibility index (Phi) is 15.2. The summed E-state index contributed by atoms with van der Waals surface area (Å²) in [5.74, 6) is 0.575. The van der Waals surface area contributed by atoms with Gasteiger partial charge in [-0.05, 0) is 59.9 Å². The fourth-order valence-electron chi connectivity index (χ4n) is 6.41. The van der Waals surface area contributed by atoms with Gasteiger partial charge in [0.05, 0.1) is 0 Å². The summed E-state index contributed by atoms with van der Waals surface area (Å²) < 4.78 is 0. The minimum atomic E-state index is -0.826. The van der Waals surface area contributed by atoms with Gasteiger partial charge in [0.25, 0.3) is 0 Å². The number of rotatable bonds is 3. The van der Waals surface area contributed by atoms with Crippen LogP contribution in [0.5, 0.6) is 0 Å². The van der Waals surface area contributed by atoms with E-state index < -0.39 is 20.8 Å². The van der Waals surface area contributed by atoms with Gasteiger partial charge < -0.3 is 0 Å². The Balaban J connectivity index is 0.000000224. The first-order chi connectivity index (χ1) is 22.7. The van der Waals surface area contributed by atoms with Crippen LogP contribution in [0, 0.1) is 34.6 Å². The van der Waals surface area contributed by atoms with Crippen molar-refractivity contribution in [3.63, 3.8) is 0 Å². The molecule has 0 atom stereocenters. The van der Waals surface area contributed by atoms with Gasteiger partial charge in [-0.25, -0.2) is 0 Å². The third-order valence-electron chi connectivity index (χ3n) is 8.70. The van der Waals surface area contributed by atoms with Crippen LogP contribution in [0.2, 0.25) is 13.1 Å². The quantitative estimate of drug-likeness (QED) is 0.124. The standard InChI is InChI=1S/2C21H23.C2H6Si.2ClH.Zr/c1-14-12-19-15(2)6-11-18(20(19)13-14)16-7-9-17(10-8-16)21(3,4)5;1-13(2)18-11-17-7-6-8-19(20(17)12-18)21-15(4)9-14(3)10-16(21)5;1-3-2;;;/h2*6-13H,1-5H3;1-2H3;2*1H;/q2*-1;;;;+4/p-2. The molecule has 6 rings (SSSR count). The first-order valence-electron chi connectivity index (χ1n) is 16.8. The predicted octanol–water partition coefficient (Wildman–Crippen LogP) is 14.6. The van der Waals surface area contributed by atoms with Crippen molar-refractivity contribution in [3.8, 4) is 22.3 Å². The summed E-state index contributed by atoms with van der Waals surface area (Å²) in [7, 11) is 11.0. The molecule has 0 fully saturated rings. The van der Waals surface area contributed by atoms with Crippen LogP contribution in [0.3, 0.4) is 0 Å². The van der Waals surface area contributed by atoms with Crippen molar-refractivity contribution in [2.45, 2.75) is 93.7 Å². The third-order valence-corrected chi connectivity index (χ3v) is 8.70. The van der Waals surface area contributed by atoms with Crippen molar-refractivity contribution in [2.24, 2.45) is 0 Å². The summed E-state index contributed by atoms with van der Waals surface area (Å²) in [6, 6.07) is 34.1. The van der Waals surface area contributed by atoms with Crippen molar-refractivity contribution < 1.29 is 20.8 Å². The topological polar surface area (TPSA) is 0 Å². The molecule has 4 heteroatoms. The van der Waals surface area contributed by atoms with Crippen LogP contribution in [0.25, 0.3) is 43.8 Å². The Bertz CT molecular complexity index is 1890. The fraction of sp³-hybridized carbons (Fsp3) is 0.318. The van der Waals surface area contributed by atoms with Crippen molar-refractivity contribution >= 4 is 48.1 Å². The van der Waals surface area contributed by atoms with Gasteiger partial charge in [-0.2, -0.15) is 12.1 Å². The summed E-state index contributed by atoms with van der Waals surface area (Å²) in [5, 5.41) is 5.49. The van der Waals surface area contributed by atoms with E-state index >= 15 is 0 Å². The van der Waals surface area contributed by atoms with Gasteiger partial charge in [0, 0.05) is 9.52 Å². The summed E-state index contributed by atoms with van der Waals surface area (Å²) in [6.07, 6.45) is 0. The Morgan fingerprint density at radius 2 is 1.27 bits per heavy atom. The molecule has 0 heterocycles. The summed E-state index contributed by atoms with van der Waals surface area (Å²) in [4.78, 5) is 0. The van der Waals surface area contributed by atoms with Crippen molar-refractivity contribution in [1.29, 1.82) is 0 Å². The molecule has 0 aliphatic carbocycles. The van der Waals surface area contributed by atoms with Crippen LogP contribution in [0.4, 0.5) is 0 Å². The van der Waals surface area contributed by atoms with Crippen LogP contribution in [0.15, 0.2) is 91.0 Å². The maximum atomic E-state index is 4.93. The molecule has 2 radical (unpaired) electrons. The zero-order valence-electron chi connectivity index (χ0n) is 31.0. The predicted molar refractivity (Wildman–Crippen MR) is 216 cm³/mol. The van der Waals surface area contributed by atoms with E-state index in [9.17, 15) is 0 Å². The van der Waals surface area contributed by atoms with Crippen LogP contribution >= 0.6 is 17.0 Å². The zero-order valence-corrected chi connectivity index (χ0v) is 36.0. The van der Waals surface area contributed by atoms with Gasteiger partial charge in [-0.3, -0.25) is 0 Å². The second-order valence-electron chi connectivity index (χ2n) is 14.2. The van der Waals surface area contributed by atoms with E-state index in [0.717, 1.165) is 9.52 Å². The molecule has 0 aliphatic rings. The van der Waals surface area contributed by atoms with E-state index in [1.54, 1.807) is 0 Å². The van der Waals surface area contributed by atoms with E-state index in [2.05, 4.69) is 173 Å². The van der Waals surface area contributed by atoms with Gasteiger partial charge in [0.1, 0.15) is 0 Å². The second-order valence-corrected chi connectivity index (χ2v) is 18.9. The molecule has 6 aromatic rings. The molecule has 0 spiro atoms. The Labute approximate surface area is 312 Å².